The van der Waals surface area contributed by atoms with E-state index in [2.05, 4.69) is 0 Å². The van der Waals surface area contributed by atoms with Crippen molar-refractivity contribution < 1.29 is 32.9 Å². The van der Waals surface area contributed by atoms with E-state index in [1.807, 2.05) is 6.92 Å². The van der Waals surface area contributed by atoms with Gasteiger partial charge in [0.05, 0.1) is 16.7 Å². The summed E-state index contributed by atoms with van der Waals surface area (Å²) in [5.41, 5.74) is 0.983. The number of carboxylic acid groups (broad SMARTS) is 1. The first-order valence-electron chi connectivity index (χ1n) is 9.67. The highest BCUT2D eigenvalue weighted by molar-refractivity contribution is 6.33. The summed E-state index contributed by atoms with van der Waals surface area (Å²) in [6.45, 7) is -1.86. The fourth-order valence-electron chi connectivity index (χ4n) is 3.05. The molecule has 0 spiro atoms. The highest BCUT2D eigenvalue weighted by Crippen LogP contribution is 2.37. The number of carbonyl (C=O) groups is 1. The van der Waals surface area contributed by atoms with E-state index in [1.165, 1.54) is 22.8 Å². The molecule has 1 unspecified atom stereocenters. The summed E-state index contributed by atoms with van der Waals surface area (Å²) in [5.74, 6) is -0.835. The second kappa shape index (κ2) is 11.9. The molecule has 0 bridgehead atoms. The Bertz CT molecular complexity index is 1220. The van der Waals surface area contributed by atoms with Gasteiger partial charge in [-0.2, -0.15) is 13.2 Å². The number of ether oxygens (including phenoxy) is 1. The number of carboxylic acids is 1. The predicted octanol–water partition coefficient (Wildman–Crippen LogP) is 6.20. The van der Waals surface area contributed by atoms with E-state index in [4.69, 9.17) is 27.9 Å². The summed E-state index contributed by atoms with van der Waals surface area (Å²) in [7, 11) is 1.61. The van der Waals surface area contributed by atoms with Crippen molar-refractivity contribution in [2.24, 2.45) is 7.05 Å². The lowest BCUT2D eigenvalue weighted by Crippen LogP contribution is -2.17. The molecule has 6 nitrogen and oxygen atoms in total. The number of hydrogen-bond acceptors (Lipinski definition) is 4. The molecule has 0 fully saturated rings. The third-order valence-electron chi connectivity index (χ3n) is 4.79. The van der Waals surface area contributed by atoms with Gasteiger partial charge < -0.3 is 19.5 Å². The van der Waals surface area contributed by atoms with Gasteiger partial charge >= 0.3 is 12.6 Å². The van der Waals surface area contributed by atoms with Crippen molar-refractivity contribution in [3.8, 4) is 11.5 Å². The van der Waals surface area contributed by atoms with Crippen LogP contribution in [0.25, 0.3) is 0 Å². The largest absolute Gasteiger partial charge is 0.478 e. The van der Waals surface area contributed by atoms with Crippen LogP contribution in [-0.4, -0.2) is 27.4 Å². The van der Waals surface area contributed by atoms with Gasteiger partial charge in [-0.15, -0.1) is 0 Å². The predicted molar refractivity (Wildman–Crippen MR) is 122 cm³/mol. The van der Waals surface area contributed by atoms with E-state index in [0.29, 0.717) is 27.6 Å². The van der Waals surface area contributed by atoms with Crippen LogP contribution < -0.4 is 10.3 Å². The zero-order valence-electron chi connectivity index (χ0n) is 17.9. The van der Waals surface area contributed by atoms with Gasteiger partial charge in [0.1, 0.15) is 11.5 Å². The molecular weight excluding hydrogens is 498 g/mol. The number of aliphatic hydroxyl groups is 1. The Labute approximate surface area is 202 Å². The monoisotopic (exact) mass is 517 g/mol. The average molecular weight is 518 g/mol. The first-order valence-corrected chi connectivity index (χ1v) is 10.4. The molecule has 3 aromatic rings. The first kappa shape index (κ1) is 27.2. The first-order chi connectivity index (χ1) is 15.9. The standard InChI is InChI=1S/C22H19Cl2NO5.CHF3/c1-12(21(27)13-3-8-20(26)25(2)11-13)16-9-14(4-6-18(16)23)30-15-5-7-19(24)17(10-15)22(28)29;2-1(3)4/h3-12,21,27H,1-2H3,(H,28,29);1H/t12-,21?;/m0./s1. The van der Waals surface area contributed by atoms with Gasteiger partial charge in [-0.25, -0.2) is 4.79 Å². The quantitative estimate of drug-likeness (QED) is 0.406. The van der Waals surface area contributed by atoms with Crippen molar-refractivity contribution in [1.29, 1.82) is 0 Å². The molecule has 0 saturated carbocycles. The van der Waals surface area contributed by atoms with E-state index in [9.17, 15) is 33.0 Å². The fourth-order valence-corrected chi connectivity index (χ4v) is 3.54. The average Bonchev–Trinajstić information content (AvgIpc) is 2.76. The number of pyridine rings is 1. The number of benzene rings is 2. The molecule has 2 aromatic carbocycles. The maximum absolute atomic E-state index is 11.6. The van der Waals surface area contributed by atoms with Crippen LogP contribution in [0.2, 0.25) is 10.0 Å². The van der Waals surface area contributed by atoms with Crippen molar-refractivity contribution in [2.45, 2.75) is 25.6 Å². The number of alkyl halides is 3. The Kier molecular flexibility index (Phi) is 9.55. The fraction of sp³-hybridized carbons (Fsp3) is 0.217. The van der Waals surface area contributed by atoms with Gasteiger partial charge in [-0.1, -0.05) is 30.1 Å². The minimum Gasteiger partial charge on any atom is -0.478 e. The molecule has 1 heterocycles. The van der Waals surface area contributed by atoms with E-state index in [1.54, 1.807) is 43.6 Å². The SMILES string of the molecule is C[C@@H](c1cc(Oc2ccc(Cl)c(C(=O)O)c2)ccc1Cl)C(O)c1ccc(=O)n(C)c1.FC(F)F. The molecule has 11 heteroatoms. The van der Waals surface area contributed by atoms with Crippen LogP contribution in [0, 0.1) is 0 Å². The number of aromatic carboxylic acids is 1. The summed E-state index contributed by atoms with van der Waals surface area (Å²) in [6.07, 6.45) is 0.678. The Hall–Kier alpha value is -3.01. The molecule has 0 radical (unpaired) electrons. The van der Waals surface area contributed by atoms with Crippen LogP contribution >= 0.6 is 23.2 Å². The Balaban J connectivity index is 0.000000945. The highest BCUT2D eigenvalue weighted by atomic mass is 35.5. The van der Waals surface area contributed by atoms with Crippen molar-refractivity contribution in [3.63, 3.8) is 0 Å². The summed E-state index contributed by atoms with van der Waals surface area (Å²) < 4.78 is 36.2. The van der Waals surface area contributed by atoms with E-state index >= 15 is 0 Å². The number of hydrogen-bond donors (Lipinski definition) is 2. The number of aromatic nitrogens is 1. The number of rotatable bonds is 6. The maximum Gasteiger partial charge on any atom is 0.379 e. The minimum atomic E-state index is -3.67. The van der Waals surface area contributed by atoms with Gasteiger partial charge in [-0.3, -0.25) is 4.79 Å². The van der Waals surface area contributed by atoms with Crippen LogP contribution in [0.1, 0.15) is 40.4 Å². The third-order valence-corrected chi connectivity index (χ3v) is 5.46. The van der Waals surface area contributed by atoms with Crippen molar-refractivity contribution >= 4 is 29.2 Å². The molecule has 2 N–H and O–H groups in total. The zero-order chi connectivity index (χ0) is 25.6. The van der Waals surface area contributed by atoms with E-state index in [-0.39, 0.29) is 16.1 Å². The summed E-state index contributed by atoms with van der Waals surface area (Å²) in [6, 6.07) is 12.3. The number of nitrogens with zero attached hydrogens (tertiary/aromatic N) is 1. The molecule has 0 aliphatic heterocycles. The molecule has 0 aliphatic carbocycles. The Morgan fingerprint density at radius 1 is 1.00 bits per heavy atom. The topological polar surface area (TPSA) is 88.8 Å². The molecule has 3 rings (SSSR count). The maximum atomic E-state index is 11.6. The lowest BCUT2D eigenvalue weighted by atomic mass is 9.91. The summed E-state index contributed by atoms with van der Waals surface area (Å²) in [5, 5.41) is 20.6. The lowest BCUT2D eigenvalue weighted by molar-refractivity contribution is 0.00817. The van der Waals surface area contributed by atoms with Crippen molar-refractivity contribution in [2.75, 3.05) is 0 Å². The van der Waals surface area contributed by atoms with Gasteiger partial charge in [-0.05, 0) is 53.6 Å². The Morgan fingerprint density at radius 2 is 1.56 bits per heavy atom. The minimum absolute atomic E-state index is 0.0677. The summed E-state index contributed by atoms with van der Waals surface area (Å²) in [4.78, 5) is 22.9. The molecule has 1 aromatic heterocycles. The Morgan fingerprint density at radius 3 is 2.12 bits per heavy atom. The van der Waals surface area contributed by atoms with Gasteiger partial charge in [0.2, 0.25) is 5.56 Å². The smallest absolute Gasteiger partial charge is 0.379 e. The number of aryl methyl sites for hydroxylation is 1. The summed E-state index contributed by atoms with van der Waals surface area (Å²) >= 11 is 12.2. The second-order valence-corrected chi connectivity index (χ2v) is 7.94. The molecule has 182 valence electrons. The lowest BCUT2D eigenvalue weighted by Gasteiger charge is -2.22. The van der Waals surface area contributed by atoms with Crippen LogP contribution in [0.4, 0.5) is 13.2 Å². The third kappa shape index (κ3) is 7.24. The molecule has 34 heavy (non-hydrogen) atoms. The van der Waals surface area contributed by atoms with E-state index in [0.717, 1.165) is 0 Å². The van der Waals surface area contributed by atoms with Crippen LogP contribution in [0.15, 0.2) is 59.5 Å². The van der Waals surface area contributed by atoms with Crippen LogP contribution in [-0.2, 0) is 7.05 Å². The molecule has 0 saturated heterocycles. The molecule has 2 atom stereocenters. The van der Waals surface area contributed by atoms with Crippen molar-refractivity contribution in [3.05, 3.63) is 91.8 Å². The number of halogens is 5. The van der Waals surface area contributed by atoms with Crippen LogP contribution in [0.5, 0.6) is 11.5 Å². The van der Waals surface area contributed by atoms with Crippen molar-refractivity contribution in [1.82, 2.24) is 4.57 Å². The van der Waals surface area contributed by atoms with Crippen LogP contribution in [0.3, 0.4) is 0 Å². The second-order valence-electron chi connectivity index (χ2n) is 7.12. The number of aliphatic hydroxyl groups excluding tert-OH is 1. The zero-order valence-corrected chi connectivity index (χ0v) is 19.4. The van der Waals surface area contributed by atoms with Gasteiger partial charge in [0.15, 0.2) is 0 Å². The van der Waals surface area contributed by atoms with Gasteiger partial charge in [0.25, 0.3) is 0 Å². The molecule has 0 amide bonds. The van der Waals surface area contributed by atoms with Gasteiger partial charge in [0, 0.05) is 30.3 Å². The molecule has 0 aliphatic rings. The molecular formula is C23H20Cl2F3NO5. The van der Waals surface area contributed by atoms with E-state index < -0.39 is 24.7 Å². The normalized spacial score (nSPS) is 12.5. The highest BCUT2D eigenvalue weighted by Gasteiger charge is 2.22.